The topological polar surface area (TPSA) is 47.3 Å². The van der Waals surface area contributed by atoms with Gasteiger partial charge < -0.3 is 9.80 Å². The third-order valence-corrected chi connectivity index (χ3v) is 4.28. The summed E-state index contributed by atoms with van der Waals surface area (Å²) in [5, 5.41) is 9.35. The maximum atomic E-state index is 12.5. The first-order valence-electron chi connectivity index (χ1n) is 7.80. The molecule has 0 unspecified atom stereocenters. The molecule has 0 saturated heterocycles. The minimum atomic E-state index is -0.183. The maximum absolute atomic E-state index is 12.5. The summed E-state index contributed by atoms with van der Waals surface area (Å²) in [7, 11) is 3.66. The SMILES string of the molecule is CN(/C=C(/C#N)C(=O)N(C)C1CCCCC1)c1ccccc1. The number of amides is 1. The van der Waals surface area contributed by atoms with Crippen LogP contribution in [-0.2, 0) is 4.79 Å². The van der Waals surface area contributed by atoms with Crippen molar-refractivity contribution in [2.24, 2.45) is 0 Å². The highest BCUT2D eigenvalue weighted by Crippen LogP contribution is 2.23. The summed E-state index contributed by atoms with van der Waals surface area (Å²) in [6.45, 7) is 0. The average Bonchev–Trinajstić information content (AvgIpc) is 2.59. The van der Waals surface area contributed by atoms with E-state index in [0.717, 1.165) is 31.4 Å². The van der Waals surface area contributed by atoms with Gasteiger partial charge in [0.1, 0.15) is 11.6 Å². The third kappa shape index (κ3) is 3.88. The Bertz CT molecular complexity index is 568. The van der Waals surface area contributed by atoms with Crippen LogP contribution in [0.15, 0.2) is 42.1 Å². The van der Waals surface area contributed by atoms with Gasteiger partial charge in [0.15, 0.2) is 0 Å². The van der Waals surface area contributed by atoms with E-state index in [4.69, 9.17) is 0 Å². The van der Waals surface area contributed by atoms with E-state index in [1.54, 1.807) is 11.1 Å². The minimum absolute atomic E-state index is 0.180. The molecule has 1 aromatic carbocycles. The van der Waals surface area contributed by atoms with Crippen LogP contribution >= 0.6 is 0 Å². The zero-order chi connectivity index (χ0) is 15.9. The first-order chi connectivity index (χ1) is 10.6. The van der Waals surface area contributed by atoms with E-state index in [1.165, 1.54) is 6.42 Å². The molecule has 1 aliphatic carbocycles. The first-order valence-corrected chi connectivity index (χ1v) is 7.80. The number of hydrogen-bond donors (Lipinski definition) is 0. The molecule has 1 fully saturated rings. The molecular formula is C18H23N3O. The molecule has 2 rings (SSSR count). The number of nitrogens with zero attached hydrogens (tertiary/aromatic N) is 3. The van der Waals surface area contributed by atoms with Crippen molar-refractivity contribution in [3.63, 3.8) is 0 Å². The molecule has 1 amide bonds. The molecule has 4 nitrogen and oxygen atoms in total. The molecule has 0 N–H and O–H groups in total. The van der Waals surface area contributed by atoms with E-state index in [1.807, 2.05) is 49.3 Å². The van der Waals surface area contributed by atoms with Gasteiger partial charge in [0.2, 0.25) is 0 Å². The smallest absolute Gasteiger partial charge is 0.266 e. The normalized spacial score (nSPS) is 16.0. The minimum Gasteiger partial charge on any atom is -0.350 e. The van der Waals surface area contributed by atoms with Gasteiger partial charge in [0.05, 0.1) is 0 Å². The van der Waals surface area contributed by atoms with Crippen molar-refractivity contribution >= 4 is 11.6 Å². The van der Waals surface area contributed by atoms with Crippen LogP contribution in [0, 0.1) is 11.3 Å². The zero-order valence-corrected chi connectivity index (χ0v) is 13.3. The van der Waals surface area contributed by atoms with Crippen molar-refractivity contribution in [2.45, 2.75) is 38.1 Å². The average molecular weight is 297 g/mol. The predicted octanol–water partition coefficient (Wildman–Crippen LogP) is 3.32. The fraction of sp³-hybridized carbons (Fsp3) is 0.444. The van der Waals surface area contributed by atoms with Gasteiger partial charge in [-0.15, -0.1) is 0 Å². The molecular weight excluding hydrogens is 274 g/mol. The Balaban J connectivity index is 2.11. The lowest BCUT2D eigenvalue weighted by atomic mass is 9.94. The van der Waals surface area contributed by atoms with Gasteiger partial charge >= 0.3 is 0 Å². The van der Waals surface area contributed by atoms with E-state index in [-0.39, 0.29) is 17.5 Å². The summed E-state index contributed by atoms with van der Waals surface area (Å²) in [5.74, 6) is -0.183. The molecule has 4 heteroatoms. The van der Waals surface area contributed by atoms with Crippen LogP contribution in [-0.4, -0.2) is 30.9 Å². The van der Waals surface area contributed by atoms with Gasteiger partial charge in [-0.1, -0.05) is 37.5 Å². The highest BCUT2D eigenvalue weighted by molar-refractivity contribution is 5.97. The van der Waals surface area contributed by atoms with Crippen LogP contribution in [0.5, 0.6) is 0 Å². The molecule has 0 bridgehead atoms. The zero-order valence-electron chi connectivity index (χ0n) is 13.3. The van der Waals surface area contributed by atoms with Crippen LogP contribution < -0.4 is 4.90 Å². The van der Waals surface area contributed by atoms with E-state index < -0.39 is 0 Å². The number of nitriles is 1. The van der Waals surface area contributed by atoms with Gasteiger partial charge in [0, 0.05) is 32.0 Å². The van der Waals surface area contributed by atoms with E-state index in [9.17, 15) is 10.1 Å². The van der Waals surface area contributed by atoms with Gasteiger partial charge in [-0.05, 0) is 25.0 Å². The number of carbonyl (C=O) groups is 1. The summed E-state index contributed by atoms with van der Waals surface area (Å²) in [6.07, 6.45) is 7.27. The number of likely N-dealkylation sites (N-methyl/N-ethyl adjacent to an activating group) is 1. The number of carbonyl (C=O) groups excluding carboxylic acids is 1. The highest BCUT2D eigenvalue weighted by Gasteiger charge is 2.24. The summed E-state index contributed by atoms with van der Waals surface area (Å²) < 4.78 is 0. The van der Waals surface area contributed by atoms with Crippen molar-refractivity contribution in [3.8, 4) is 6.07 Å². The second-order valence-electron chi connectivity index (χ2n) is 5.81. The van der Waals surface area contributed by atoms with Gasteiger partial charge in [0.25, 0.3) is 5.91 Å². The van der Waals surface area contributed by atoms with E-state index in [2.05, 4.69) is 6.07 Å². The Morgan fingerprint density at radius 2 is 1.82 bits per heavy atom. The lowest BCUT2D eigenvalue weighted by Gasteiger charge is -2.31. The van der Waals surface area contributed by atoms with Crippen molar-refractivity contribution in [1.29, 1.82) is 5.26 Å². The van der Waals surface area contributed by atoms with Crippen LogP contribution in [0.1, 0.15) is 32.1 Å². The summed E-state index contributed by atoms with van der Waals surface area (Å²) >= 11 is 0. The summed E-state index contributed by atoms with van der Waals surface area (Å²) in [5.41, 5.74) is 1.13. The Hall–Kier alpha value is -2.28. The molecule has 0 heterocycles. The van der Waals surface area contributed by atoms with Crippen LogP contribution in [0.2, 0.25) is 0 Å². The van der Waals surface area contributed by atoms with Gasteiger partial charge in [-0.25, -0.2) is 0 Å². The fourth-order valence-electron chi connectivity index (χ4n) is 2.89. The molecule has 0 spiro atoms. The molecule has 1 saturated carbocycles. The Morgan fingerprint density at radius 3 is 2.41 bits per heavy atom. The monoisotopic (exact) mass is 297 g/mol. The third-order valence-electron chi connectivity index (χ3n) is 4.28. The van der Waals surface area contributed by atoms with Gasteiger partial charge in [-0.3, -0.25) is 4.79 Å². The lowest BCUT2D eigenvalue weighted by molar-refractivity contribution is -0.128. The second kappa shape index (κ2) is 7.65. The van der Waals surface area contributed by atoms with Crippen molar-refractivity contribution in [3.05, 3.63) is 42.1 Å². The quantitative estimate of drug-likeness (QED) is 0.632. The van der Waals surface area contributed by atoms with Crippen molar-refractivity contribution < 1.29 is 4.79 Å². The number of hydrogen-bond acceptors (Lipinski definition) is 3. The van der Waals surface area contributed by atoms with Crippen LogP contribution in [0.4, 0.5) is 5.69 Å². The maximum Gasteiger partial charge on any atom is 0.266 e. The van der Waals surface area contributed by atoms with E-state index >= 15 is 0 Å². The Labute approximate surface area is 132 Å². The predicted molar refractivity (Wildman–Crippen MR) is 88.2 cm³/mol. The number of para-hydroxylation sites is 1. The number of benzene rings is 1. The second-order valence-corrected chi connectivity index (χ2v) is 5.81. The highest BCUT2D eigenvalue weighted by atomic mass is 16.2. The number of rotatable bonds is 4. The molecule has 1 aromatic rings. The van der Waals surface area contributed by atoms with Crippen LogP contribution in [0.25, 0.3) is 0 Å². The molecule has 0 atom stereocenters. The standard InChI is InChI=1S/C18H23N3O/c1-20(16-9-5-3-6-10-16)14-15(13-19)18(22)21(2)17-11-7-4-8-12-17/h3,5-6,9-10,14,17H,4,7-8,11-12H2,1-2H3/b15-14-. The molecule has 1 aliphatic rings. The van der Waals surface area contributed by atoms with Crippen molar-refractivity contribution in [2.75, 3.05) is 19.0 Å². The Kier molecular flexibility index (Phi) is 5.60. The summed E-state index contributed by atoms with van der Waals surface area (Å²) in [4.78, 5) is 16.1. The lowest BCUT2D eigenvalue weighted by Crippen LogP contribution is -2.39. The largest absolute Gasteiger partial charge is 0.350 e. The van der Waals surface area contributed by atoms with Gasteiger partial charge in [-0.2, -0.15) is 5.26 Å². The fourth-order valence-corrected chi connectivity index (χ4v) is 2.89. The summed E-state index contributed by atoms with van der Waals surface area (Å²) in [6, 6.07) is 12.0. The molecule has 22 heavy (non-hydrogen) atoms. The van der Waals surface area contributed by atoms with E-state index in [0.29, 0.717) is 0 Å². The Morgan fingerprint density at radius 1 is 1.18 bits per heavy atom. The molecule has 0 aliphatic heterocycles. The molecule has 0 radical (unpaired) electrons. The van der Waals surface area contributed by atoms with Crippen LogP contribution in [0.3, 0.4) is 0 Å². The van der Waals surface area contributed by atoms with Crippen molar-refractivity contribution in [1.82, 2.24) is 4.90 Å². The number of anilines is 1. The molecule has 116 valence electrons. The first kappa shape index (κ1) is 16.1. The molecule has 0 aromatic heterocycles.